The molecule has 0 atom stereocenters. The Hall–Kier alpha value is 1.74. The van der Waals surface area contributed by atoms with Crippen LogP contribution in [-0.4, -0.2) is 69.9 Å². The van der Waals surface area contributed by atoms with Gasteiger partial charge in [-0.2, -0.15) is 0 Å². The standard InChI is InChI=1S/Al.Li.Na.3H2O4S/c;;;3*1-5(2,3)4/h;;;3*(H2,1,2,3,4)/q+3;2*+1;;;/p-5. The average molecular weight is 346 g/mol. The van der Waals surface area contributed by atoms with Gasteiger partial charge < -0.3 is 22.8 Å². The summed E-state index contributed by atoms with van der Waals surface area (Å²) >= 11 is 0. The minimum absolute atomic E-state index is 0. The quantitative estimate of drug-likeness (QED) is 0.244. The zero-order chi connectivity index (χ0) is 13.5. The molecule has 0 aromatic heterocycles. The van der Waals surface area contributed by atoms with E-state index in [2.05, 4.69) is 0 Å². The van der Waals surface area contributed by atoms with Crippen molar-refractivity contribution in [2.75, 3.05) is 0 Å². The zero-order valence-electron chi connectivity index (χ0n) is 8.74. The first kappa shape index (κ1) is 36.7. The van der Waals surface area contributed by atoms with Crippen LogP contribution in [0, 0.1) is 0 Å². The molecule has 12 nitrogen and oxygen atoms in total. The van der Waals surface area contributed by atoms with Gasteiger partial charge in [0.25, 0.3) is 0 Å². The fraction of sp³-hybridized carbons (Fsp3) is 0. The van der Waals surface area contributed by atoms with E-state index in [1.807, 2.05) is 0 Å². The molecule has 0 fully saturated rings. The predicted octanol–water partition coefficient (Wildman–Crippen LogP) is -10.0. The zero-order valence-corrected chi connectivity index (χ0v) is 14.3. The molecule has 0 aliphatic carbocycles. The van der Waals surface area contributed by atoms with E-state index in [-0.39, 0.29) is 65.8 Å². The van der Waals surface area contributed by atoms with Crippen molar-refractivity contribution in [1.29, 1.82) is 0 Å². The Kier molecular flexibility index (Phi) is 30.9. The van der Waals surface area contributed by atoms with Gasteiger partial charge in [-0.3, -0.25) is 21.4 Å². The Morgan fingerprint density at radius 1 is 0.667 bits per heavy atom. The third kappa shape index (κ3) is 1640. The van der Waals surface area contributed by atoms with Crippen molar-refractivity contribution in [2.24, 2.45) is 0 Å². The summed E-state index contributed by atoms with van der Waals surface area (Å²) in [4.78, 5) is 0. The van der Waals surface area contributed by atoms with Crippen LogP contribution in [0.2, 0.25) is 0 Å². The first-order valence-electron chi connectivity index (χ1n) is 2.02. The van der Waals surface area contributed by atoms with Crippen molar-refractivity contribution in [3.63, 3.8) is 0 Å². The number of hydrogen-bond acceptors (Lipinski definition) is 11. The molecular formula is HAlLiNaO12S3. The second-order valence-electron chi connectivity index (χ2n) is 1.24. The minimum atomic E-state index is -5.17. The summed E-state index contributed by atoms with van der Waals surface area (Å²) in [6, 6.07) is 0. The molecule has 18 heteroatoms. The Labute approximate surface area is 148 Å². The van der Waals surface area contributed by atoms with Crippen molar-refractivity contribution >= 4 is 48.6 Å². The van der Waals surface area contributed by atoms with Gasteiger partial charge >= 0.3 is 65.8 Å². The summed E-state index contributed by atoms with van der Waals surface area (Å²) in [6.45, 7) is 0. The molecule has 1 N–H and O–H groups in total. The molecule has 0 saturated carbocycles. The summed E-state index contributed by atoms with van der Waals surface area (Å²) in [6.07, 6.45) is 0. The van der Waals surface area contributed by atoms with Gasteiger partial charge in [0.15, 0.2) is 0 Å². The Bertz CT molecular complexity index is 348. The molecule has 0 aromatic rings. The molecular weight excluding hydrogens is 345 g/mol. The summed E-state index contributed by atoms with van der Waals surface area (Å²) in [5, 5.41) is 0. The van der Waals surface area contributed by atoms with E-state index in [1.165, 1.54) is 0 Å². The first-order chi connectivity index (χ1) is 6.00. The molecule has 0 aromatic carbocycles. The van der Waals surface area contributed by atoms with Crippen LogP contribution in [0.15, 0.2) is 0 Å². The van der Waals surface area contributed by atoms with Gasteiger partial charge in [-0.15, -0.1) is 0 Å². The summed E-state index contributed by atoms with van der Waals surface area (Å²) in [5.74, 6) is 0. The van der Waals surface area contributed by atoms with Gasteiger partial charge in [0.05, 0.1) is 0 Å². The van der Waals surface area contributed by atoms with Crippen LogP contribution in [0.25, 0.3) is 0 Å². The molecule has 0 unspecified atom stereocenters. The van der Waals surface area contributed by atoms with Crippen molar-refractivity contribution in [3.8, 4) is 0 Å². The van der Waals surface area contributed by atoms with Crippen molar-refractivity contribution in [2.45, 2.75) is 0 Å². The second kappa shape index (κ2) is 15.1. The fourth-order valence-corrected chi connectivity index (χ4v) is 0. The van der Waals surface area contributed by atoms with Crippen LogP contribution in [0.4, 0.5) is 0 Å². The van der Waals surface area contributed by atoms with E-state index in [1.54, 1.807) is 0 Å². The fourth-order valence-electron chi connectivity index (χ4n) is 0. The number of hydrogen-bond donors (Lipinski definition) is 1. The maximum Gasteiger partial charge on any atom is 3.00 e. The monoisotopic (exact) mass is 346 g/mol. The third-order valence-corrected chi connectivity index (χ3v) is 0. The first-order valence-corrected chi connectivity index (χ1v) is 6.05. The molecule has 0 bridgehead atoms. The summed E-state index contributed by atoms with van der Waals surface area (Å²) in [5.41, 5.74) is 0. The van der Waals surface area contributed by atoms with Crippen LogP contribution < -0.4 is 48.4 Å². The van der Waals surface area contributed by atoms with E-state index in [0.29, 0.717) is 0 Å². The molecule has 0 amide bonds. The Morgan fingerprint density at radius 2 is 0.667 bits per heavy atom. The summed E-state index contributed by atoms with van der Waals surface area (Å²) < 4.78 is 101. The van der Waals surface area contributed by atoms with Crippen molar-refractivity contribution in [3.05, 3.63) is 0 Å². The van der Waals surface area contributed by atoms with E-state index in [9.17, 15) is 0 Å². The molecule has 0 saturated heterocycles. The van der Waals surface area contributed by atoms with Gasteiger partial charge in [0.1, 0.15) is 0 Å². The molecule has 0 rings (SSSR count). The van der Waals surface area contributed by atoms with E-state index >= 15 is 0 Å². The molecule has 0 aliphatic heterocycles. The van der Waals surface area contributed by atoms with Gasteiger partial charge in [-0.1, -0.05) is 0 Å². The van der Waals surface area contributed by atoms with Gasteiger partial charge in [-0.25, -0.2) is 8.42 Å². The van der Waals surface area contributed by atoms with Gasteiger partial charge in [-0.05, 0) is 0 Å². The Morgan fingerprint density at radius 3 is 0.667 bits per heavy atom. The predicted molar refractivity (Wildman–Crippen MR) is 39.0 cm³/mol. The van der Waals surface area contributed by atoms with Crippen LogP contribution in [-0.2, 0) is 31.2 Å². The largest absolute Gasteiger partial charge is 3.00 e. The second-order valence-corrected chi connectivity index (χ2v) is 3.73. The smallest absolute Gasteiger partial charge is 0.759 e. The Balaban J connectivity index is -0.0000000277. The SMILES string of the molecule is O=S(=O)([O-])O.O=S(=O)([O-])[O-].O=S(=O)([O-])[O-].[Al+3].[Li+].[Na+]. The van der Waals surface area contributed by atoms with E-state index in [0.717, 1.165) is 0 Å². The van der Waals surface area contributed by atoms with Crippen molar-refractivity contribution in [1.82, 2.24) is 0 Å². The third-order valence-electron chi connectivity index (χ3n) is 0. The molecule has 0 heterocycles. The maximum absolute atomic E-state index is 8.63. The molecule has 18 heavy (non-hydrogen) atoms. The van der Waals surface area contributed by atoms with E-state index in [4.69, 9.17) is 52.6 Å². The van der Waals surface area contributed by atoms with Crippen molar-refractivity contribution < 1.29 is 101 Å². The molecule has 0 radical (unpaired) electrons. The topological polar surface area (TPSA) is 238 Å². The minimum Gasteiger partial charge on any atom is -0.759 e. The van der Waals surface area contributed by atoms with Crippen LogP contribution >= 0.6 is 0 Å². The summed E-state index contributed by atoms with van der Waals surface area (Å²) in [7, 11) is -15.2. The molecule has 0 aliphatic rings. The maximum atomic E-state index is 8.63. The van der Waals surface area contributed by atoms with Crippen LogP contribution in [0.5, 0.6) is 0 Å². The van der Waals surface area contributed by atoms with Crippen LogP contribution in [0.3, 0.4) is 0 Å². The number of rotatable bonds is 0. The van der Waals surface area contributed by atoms with Gasteiger partial charge in [0, 0.05) is 20.8 Å². The molecule has 96 valence electrons. The molecule has 0 spiro atoms. The van der Waals surface area contributed by atoms with E-state index < -0.39 is 31.2 Å². The van der Waals surface area contributed by atoms with Gasteiger partial charge in [0.2, 0.25) is 10.4 Å². The normalized spacial score (nSPS) is 9.67. The van der Waals surface area contributed by atoms with Crippen LogP contribution in [0.1, 0.15) is 0 Å². The average Bonchev–Trinajstić information content (AvgIpc) is 1.41.